The van der Waals surface area contributed by atoms with E-state index >= 15 is 0 Å². The fraction of sp³-hybridized carbons (Fsp3) is 0.481. The average molecular weight is 834 g/mol. The zero-order valence-electron chi connectivity index (χ0n) is 39.2. The number of benzene rings is 3. The average Bonchev–Trinajstić information content (AvgIpc) is 3.22. The number of nitrogens with zero attached hydrogens (tertiary/aromatic N) is 3. The molecule has 0 saturated heterocycles. The SMILES string of the molecule is CCCCCCOc1ccc(-c2nc(-c3ccc(OC)c(C)c3OCC=C(C)C)nc(-c3ccc(OCCCCCC)c(C)c3OCC=C(C)C)n2)c(OCC=C(C)C)c1C. The fourth-order valence-corrected chi connectivity index (χ4v) is 6.68. The van der Waals surface area contributed by atoms with Gasteiger partial charge in [-0.2, -0.15) is 0 Å². The highest BCUT2D eigenvalue weighted by atomic mass is 16.5. The van der Waals surface area contributed by atoms with Gasteiger partial charge in [-0.1, -0.05) is 69.1 Å². The van der Waals surface area contributed by atoms with E-state index in [4.69, 9.17) is 43.4 Å². The molecule has 0 unspecified atom stereocenters. The number of rotatable bonds is 25. The largest absolute Gasteiger partial charge is 0.496 e. The summed E-state index contributed by atoms with van der Waals surface area (Å²) in [6, 6.07) is 11.9. The van der Waals surface area contributed by atoms with E-state index in [-0.39, 0.29) is 0 Å². The molecule has 0 spiro atoms. The molecule has 0 aliphatic heterocycles. The number of hydrogen-bond donors (Lipinski definition) is 0. The van der Waals surface area contributed by atoms with Crippen LogP contribution in [0.5, 0.6) is 34.5 Å². The second-order valence-corrected chi connectivity index (χ2v) is 16.3. The van der Waals surface area contributed by atoms with Crippen LogP contribution in [-0.4, -0.2) is 55.1 Å². The predicted molar refractivity (Wildman–Crippen MR) is 251 cm³/mol. The van der Waals surface area contributed by atoms with Crippen molar-refractivity contribution in [2.24, 2.45) is 0 Å². The lowest BCUT2D eigenvalue weighted by molar-refractivity contribution is 0.298. The van der Waals surface area contributed by atoms with Crippen molar-refractivity contribution in [2.45, 2.75) is 128 Å². The highest BCUT2D eigenvalue weighted by Crippen LogP contribution is 2.43. The Morgan fingerprint density at radius 1 is 0.443 bits per heavy atom. The second kappa shape index (κ2) is 24.8. The van der Waals surface area contributed by atoms with Crippen LogP contribution in [0, 0.1) is 20.8 Å². The summed E-state index contributed by atoms with van der Waals surface area (Å²) in [6.07, 6.45) is 15.1. The van der Waals surface area contributed by atoms with E-state index in [0.717, 1.165) is 81.7 Å². The van der Waals surface area contributed by atoms with Crippen LogP contribution in [0.2, 0.25) is 0 Å². The topological polar surface area (TPSA) is 94.1 Å². The van der Waals surface area contributed by atoms with Crippen molar-refractivity contribution in [3.05, 3.63) is 88.0 Å². The van der Waals surface area contributed by atoms with Gasteiger partial charge in [0.25, 0.3) is 0 Å². The lowest BCUT2D eigenvalue weighted by Gasteiger charge is -2.20. The van der Waals surface area contributed by atoms with Gasteiger partial charge in [0.05, 0.1) is 37.0 Å². The normalized spacial score (nSPS) is 10.8. The van der Waals surface area contributed by atoms with Gasteiger partial charge in [0, 0.05) is 16.7 Å². The molecule has 0 aliphatic carbocycles. The Kier molecular flexibility index (Phi) is 19.7. The third-order valence-corrected chi connectivity index (χ3v) is 10.3. The van der Waals surface area contributed by atoms with Gasteiger partial charge in [-0.05, 0) is 130 Å². The molecule has 4 rings (SSSR count). The van der Waals surface area contributed by atoms with E-state index < -0.39 is 0 Å². The molecule has 1 aromatic heterocycles. The van der Waals surface area contributed by atoms with Crippen LogP contribution in [-0.2, 0) is 0 Å². The summed E-state index contributed by atoms with van der Waals surface area (Å²) >= 11 is 0. The minimum atomic E-state index is 0.372. The van der Waals surface area contributed by atoms with E-state index in [0.29, 0.717) is 79.1 Å². The van der Waals surface area contributed by atoms with Gasteiger partial charge in [-0.25, -0.2) is 15.0 Å². The van der Waals surface area contributed by atoms with Gasteiger partial charge in [0.1, 0.15) is 54.3 Å². The maximum absolute atomic E-state index is 6.60. The van der Waals surface area contributed by atoms with Crippen molar-refractivity contribution in [3.63, 3.8) is 0 Å². The third kappa shape index (κ3) is 14.1. The van der Waals surface area contributed by atoms with E-state index in [1.54, 1.807) is 7.11 Å². The number of aromatic nitrogens is 3. The lowest BCUT2D eigenvalue weighted by Crippen LogP contribution is -2.08. The van der Waals surface area contributed by atoms with E-state index in [1.807, 2.05) is 63.2 Å². The highest BCUT2D eigenvalue weighted by molar-refractivity contribution is 5.77. The number of hydrogen-bond acceptors (Lipinski definition) is 9. The number of methoxy groups -OCH3 is 1. The van der Waals surface area contributed by atoms with Crippen LogP contribution in [0.3, 0.4) is 0 Å². The van der Waals surface area contributed by atoms with E-state index in [2.05, 4.69) is 67.5 Å². The van der Waals surface area contributed by atoms with Crippen LogP contribution in [0.15, 0.2) is 71.3 Å². The first-order valence-electron chi connectivity index (χ1n) is 22.2. The summed E-state index contributed by atoms with van der Waals surface area (Å²) in [4.78, 5) is 15.7. The standard InChI is InChI=1S/C52H71N3O6/c1-13-15-17-19-30-57-45-25-22-42(48(39(45)10)60-33-28-36(5)6)51-53-50(41-21-24-44(56-12)38(9)47(41)59-32-27-35(3)4)54-52(55-51)43-23-26-46(58-31-20-18-16-14-2)40(11)49(43)61-34-29-37(7)8/h21-29H,13-20,30-34H2,1-12H3. The Labute approximate surface area is 366 Å². The number of ether oxygens (including phenoxy) is 6. The summed E-state index contributed by atoms with van der Waals surface area (Å²) in [6.45, 7) is 25.2. The van der Waals surface area contributed by atoms with Crippen LogP contribution in [0.25, 0.3) is 34.2 Å². The zero-order chi connectivity index (χ0) is 44.3. The molecule has 0 N–H and O–H groups in total. The number of allylic oxidation sites excluding steroid dienone is 3. The van der Waals surface area contributed by atoms with Crippen molar-refractivity contribution >= 4 is 0 Å². The summed E-state index contributed by atoms with van der Waals surface area (Å²) in [5.74, 6) is 5.52. The molecule has 0 bridgehead atoms. The van der Waals surface area contributed by atoms with E-state index in [9.17, 15) is 0 Å². The summed E-state index contributed by atoms with van der Waals surface area (Å²) < 4.78 is 38.2. The first-order chi connectivity index (χ1) is 29.4. The van der Waals surface area contributed by atoms with Crippen molar-refractivity contribution < 1.29 is 28.4 Å². The van der Waals surface area contributed by atoms with Crippen molar-refractivity contribution in [1.29, 1.82) is 0 Å². The third-order valence-electron chi connectivity index (χ3n) is 10.3. The van der Waals surface area contributed by atoms with Gasteiger partial charge in [0.15, 0.2) is 17.5 Å². The minimum absolute atomic E-state index is 0.372. The fourth-order valence-electron chi connectivity index (χ4n) is 6.68. The molecule has 0 atom stereocenters. The molecular weight excluding hydrogens is 763 g/mol. The molecule has 3 aromatic carbocycles. The first-order valence-corrected chi connectivity index (χ1v) is 22.2. The highest BCUT2D eigenvalue weighted by Gasteiger charge is 2.24. The van der Waals surface area contributed by atoms with Crippen LogP contribution in [0.1, 0.15) is 123 Å². The first kappa shape index (κ1) is 48.4. The van der Waals surface area contributed by atoms with Gasteiger partial charge in [-0.3, -0.25) is 0 Å². The molecule has 9 heteroatoms. The van der Waals surface area contributed by atoms with Crippen LogP contribution >= 0.6 is 0 Å². The quantitative estimate of drug-likeness (QED) is 0.0478. The molecule has 0 radical (unpaired) electrons. The van der Waals surface area contributed by atoms with E-state index in [1.165, 1.54) is 25.7 Å². The summed E-state index contributed by atoms with van der Waals surface area (Å²) in [5, 5.41) is 0. The molecule has 0 amide bonds. The Balaban J connectivity index is 2.01. The van der Waals surface area contributed by atoms with Gasteiger partial charge < -0.3 is 28.4 Å². The van der Waals surface area contributed by atoms with Crippen LogP contribution in [0.4, 0.5) is 0 Å². The molecular formula is C52H71N3O6. The number of unbranched alkanes of at least 4 members (excludes halogenated alkanes) is 6. The monoisotopic (exact) mass is 834 g/mol. The molecule has 0 fully saturated rings. The lowest BCUT2D eigenvalue weighted by atomic mass is 10.0. The van der Waals surface area contributed by atoms with Gasteiger partial charge >= 0.3 is 0 Å². The summed E-state index contributed by atoms with van der Waals surface area (Å²) in [5.41, 5.74) is 8.22. The predicted octanol–water partition coefficient (Wildman–Crippen LogP) is 13.8. The maximum atomic E-state index is 6.60. The molecule has 330 valence electrons. The molecule has 4 aromatic rings. The smallest absolute Gasteiger partial charge is 0.167 e. The Hall–Kier alpha value is -5.31. The Morgan fingerprint density at radius 2 is 0.770 bits per heavy atom. The molecule has 61 heavy (non-hydrogen) atoms. The van der Waals surface area contributed by atoms with Crippen molar-refractivity contribution in [3.8, 4) is 68.7 Å². The molecule has 1 heterocycles. The summed E-state index contributed by atoms with van der Waals surface area (Å²) in [7, 11) is 1.66. The molecule has 9 nitrogen and oxygen atoms in total. The van der Waals surface area contributed by atoms with Gasteiger partial charge in [0.2, 0.25) is 0 Å². The minimum Gasteiger partial charge on any atom is -0.496 e. The Bertz CT molecular complexity index is 2020. The Morgan fingerprint density at radius 3 is 1.08 bits per heavy atom. The van der Waals surface area contributed by atoms with Gasteiger partial charge in [-0.15, -0.1) is 0 Å². The zero-order valence-corrected chi connectivity index (χ0v) is 39.2. The molecule has 0 aliphatic rings. The molecule has 0 saturated carbocycles. The second-order valence-electron chi connectivity index (χ2n) is 16.3. The maximum Gasteiger partial charge on any atom is 0.167 e. The van der Waals surface area contributed by atoms with Crippen molar-refractivity contribution in [1.82, 2.24) is 15.0 Å². The van der Waals surface area contributed by atoms with Crippen molar-refractivity contribution in [2.75, 3.05) is 40.1 Å². The van der Waals surface area contributed by atoms with Crippen LogP contribution < -0.4 is 28.4 Å².